The number of carboxylic acid groups (broad SMARTS) is 1. The molecule has 0 aliphatic carbocycles. The monoisotopic (exact) mass is 270 g/mol. The summed E-state index contributed by atoms with van der Waals surface area (Å²) >= 11 is 0. The highest BCUT2D eigenvalue weighted by Crippen LogP contribution is 2.47. The van der Waals surface area contributed by atoms with E-state index in [0.717, 1.165) is 0 Å². The summed E-state index contributed by atoms with van der Waals surface area (Å²) in [5.41, 5.74) is -6.03. The molecule has 1 N–H and O–H groups in total. The Morgan fingerprint density at radius 2 is 1.18 bits per heavy atom. The van der Waals surface area contributed by atoms with Crippen LogP contribution in [0.4, 0.5) is 30.7 Å². The molecule has 0 aliphatic rings. The van der Waals surface area contributed by atoms with Crippen molar-refractivity contribution < 1.29 is 45.4 Å². The van der Waals surface area contributed by atoms with Gasteiger partial charge < -0.3 is 5.11 Å². The van der Waals surface area contributed by atoms with Gasteiger partial charge in [0.2, 0.25) is 0 Å². The maximum atomic E-state index is 12.9. The van der Waals surface area contributed by atoms with Crippen LogP contribution in [0.25, 0.3) is 0 Å². The van der Waals surface area contributed by atoms with Gasteiger partial charge in [0.1, 0.15) is 0 Å². The lowest BCUT2D eigenvalue weighted by Gasteiger charge is -2.28. The van der Waals surface area contributed by atoms with Crippen molar-refractivity contribution in [2.24, 2.45) is 0 Å². The molecular formula is C7H5F7O3. The second-order valence-corrected chi connectivity index (χ2v) is 2.97. The molecule has 0 spiro atoms. The summed E-state index contributed by atoms with van der Waals surface area (Å²) in [4.78, 5) is 20.5. The third-order valence-corrected chi connectivity index (χ3v) is 1.73. The van der Waals surface area contributed by atoms with Crippen molar-refractivity contribution in [1.29, 1.82) is 0 Å². The normalized spacial score (nSPS) is 13.6. The number of carbonyl (C=O) groups is 2. The van der Waals surface area contributed by atoms with E-state index in [-0.39, 0.29) is 0 Å². The van der Waals surface area contributed by atoms with Crippen LogP contribution in [0, 0.1) is 0 Å². The van der Waals surface area contributed by atoms with Crippen LogP contribution in [0.5, 0.6) is 0 Å². The molecule has 0 atom stereocenters. The third kappa shape index (κ3) is 3.07. The van der Waals surface area contributed by atoms with E-state index in [0.29, 0.717) is 0 Å². The fourth-order valence-electron chi connectivity index (χ4n) is 0.870. The van der Waals surface area contributed by atoms with Crippen molar-refractivity contribution in [3.8, 4) is 0 Å². The van der Waals surface area contributed by atoms with Crippen LogP contribution in [-0.4, -0.2) is 34.9 Å². The van der Waals surface area contributed by atoms with Crippen molar-refractivity contribution >= 4 is 11.8 Å². The molecule has 100 valence electrons. The van der Waals surface area contributed by atoms with Crippen molar-refractivity contribution in [3.05, 3.63) is 0 Å². The van der Waals surface area contributed by atoms with Crippen LogP contribution in [0.15, 0.2) is 0 Å². The zero-order valence-corrected chi connectivity index (χ0v) is 7.82. The fourth-order valence-corrected chi connectivity index (χ4v) is 0.870. The molecule has 0 amide bonds. The summed E-state index contributed by atoms with van der Waals surface area (Å²) in [7, 11) is 0. The average Bonchev–Trinajstić information content (AvgIpc) is 2.08. The lowest BCUT2D eigenvalue weighted by Crippen LogP contribution is -2.58. The topological polar surface area (TPSA) is 54.4 Å². The predicted molar refractivity (Wildman–Crippen MR) is 37.8 cm³/mol. The van der Waals surface area contributed by atoms with E-state index >= 15 is 0 Å². The number of rotatable bonds is 4. The molecule has 0 saturated carbocycles. The van der Waals surface area contributed by atoms with Crippen LogP contribution in [0.2, 0.25) is 0 Å². The first-order valence-corrected chi connectivity index (χ1v) is 3.91. The first-order valence-electron chi connectivity index (χ1n) is 3.91. The van der Waals surface area contributed by atoms with E-state index in [9.17, 15) is 40.3 Å². The highest BCUT2D eigenvalue weighted by Gasteiger charge is 2.76. The number of carbonyl (C=O) groups excluding carboxylic acids is 1. The van der Waals surface area contributed by atoms with E-state index in [4.69, 9.17) is 5.11 Å². The minimum absolute atomic E-state index is 1.32. The maximum Gasteiger partial charge on any atom is 0.439 e. The van der Waals surface area contributed by atoms with Gasteiger partial charge in [-0.25, -0.2) is 4.39 Å². The molecule has 0 aromatic rings. The summed E-state index contributed by atoms with van der Waals surface area (Å²) in [6, 6.07) is 0. The number of carboxylic acids is 1. The van der Waals surface area contributed by atoms with E-state index in [1.54, 1.807) is 0 Å². The Balaban J connectivity index is 5.23. The molecule has 0 saturated heterocycles. The van der Waals surface area contributed by atoms with Crippen molar-refractivity contribution in [1.82, 2.24) is 0 Å². The Bertz CT molecular complexity index is 302. The number of Topliss-reactive ketones (excluding diaryl/α,β-unsaturated/α-hetero) is 1. The van der Waals surface area contributed by atoms with Crippen molar-refractivity contribution in [2.45, 2.75) is 30.9 Å². The lowest BCUT2D eigenvalue weighted by molar-refractivity contribution is -0.325. The molecule has 0 fully saturated rings. The minimum Gasteiger partial charge on any atom is -0.481 e. The van der Waals surface area contributed by atoms with E-state index in [1.165, 1.54) is 0 Å². The molecule has 0 aromatic carbocycles. The van der Waals surface area contributed by atoms with Crippen molar-refractivity contribution in [3.63, 3.8) is 0 Å². The lowest BCUT2D eigenvalue weighted by atomic mass is 9.95. The summed E-state index contributed by atoms with van der Waals surface area (Å²) < 4.78 is 84.3. The fraction of sp³-hybridized carbons (Fsp3) is 0.714. The number of halogens is 7. The molecule has 0 rings (SSSR count). The summed E-state index contributed by atoms with van der Waals surface area (Å²) in [5.74, 6) is -4.69. The van der Waals surface area contributed by atoms with Gasteiger partial charge in [-0.3, -0.25) is 9.59 Å². The Kier molecular flexibility index (Phi) is 4.14. The smallest absolute Gasteiger partial charge is 0.439 e. The van der Waals surface area contributed by atoms with Crippen LogP contribution in [-0.2, 0) is 9.59 Å². The first kappa shape index (κ1) is 15.6. The predicted octanol–water partition coefficient (Wildman–Crippen LogP) is 2.25. The Labute approximate surface area is 89.2 Å². The standard InChI is InChI=1S/C7H5F7O3/c8-5(6(9,10)11,7(12,13)14)3(15)1-2-4(16)17/h1-2H2,(H,16,17). The van der Waals surface area contributed by atoms with Gasteiger partial charge in [0.15, 0.2) is 5.78 Å². The maximum absolute atomic E-state index is 12.9. The first-order chi connectivity index (χ1) is 7.34. The molecule has 0 aromatic heterocycles. The largest absolute Gasteiger partial charge is 0.481 e. The van der Waals surface area contributed by atoms with Gasteiger partial charge in [0, 0.05) is 6.42 Å². The summed E-state index contributed by atoms with van der Waals surface area (Å²) in [6.07, 6.45) is -16.0. The number of alkyl halides is 7. The Hall–Kier alpha value is -1.35. The number of aliphatic carboxylic acids is 1. The van der Waals surface area contributed by atoms with Gasteiger partial charge in [0.05, 0.1) is 6.42 Å². The Morgan fingerprint density at radius 3 is 1.41 bits per heavy atom. The Morgan fingerprint density at radius 1 is 0.824 bits per heavy atom. The van der Waals surface area contributed by atoms with Gasteiger partial charge in [-0.15, -0.1) is 0 Å². The van der Waals surface area contributed by atoms with Crippen LogP contribution < -0.4 is 0 Å². The molecule has 0 heterocycles. The van der Waals surface area contributed by atoms with Crippen LogP contribution >= 0.6 is 0 Å². The summed E-state index contributed by atoms with van der Waals surface area (Å²) in [5, 5.41) is 8.00. The minimum atomic E-state index is -6.49. The number of hydrogen-bond donors (Lipinski definition) is 1. The van der Waals surface area contributed by atoms with Gasteiger partial charge in [-0.1, -0.05) is 0 Å². The number of ketones is 1. The molecule has 0 radical (unpaired) electrons. The zero-order chi connectivity index (χ0) is 14.1. The quantitative estimate of drug-likeness (QED) is 0.797. The molecule has 17 heavy (non-hydrogen) atoms. The van der Waals surface area contributed by atoms with Crippen LogP contribution in [0.1, 0.15) is 12.8 Å². The second kappa shape index (κ2) is 4.49. The zero-order valence-electron chi connectivity index (χ0n) is 7.82. The number of hydrogen-bond acceptors (Lipinski definition) is 2. The second-order valence-electron chi connectivity index (χ2n) is 2.97. The highest BCUT2D eigenvalue weighted by atomic mass is 19.4. The third-order valence-electron chi connectivity index (χ3n) is 1.73. The molecule has 0 unspecified atom stereocenters. The van der Waals surface area contributed by atoms with E-state index in [2.05, 4.69) is 0 Å². The molecule has 0 aliphatic heterocycles. The van der Waals surface area contributed by atoms with E-state index < -0.39 is 42.6 Å². The summed E-state index contributed by atoms with van der Waals surface area (Å²) in [6.45, 7) is 0. The molecule has 0 bridgehead atoms. The average molecular weight is 270 g/mol. The van der Waals surface area contributed by atoms with Gasteiger partial charge in [-0.05, 0) is 0 Å². The SMILES string of the molecule is O=C(O)CCC(=O)C(F)(C(F)(F)F)C(F)(F)F. The van der Waals surface area contributed by atoms with E-state index in [1.807, 2.05) is 0 Å². The van der Waals surface area contributed by atoms with Crippen LogP contribution in [0.3, 0.4) is 0 Å². The van der Waals surface area contributed by atoms with Crippen molar-refractivity contribution in [2.75, 3.05) is 0 Å². The van der Waals surface area contributed by atoms with Gasteiger partial charge >= 0.3 is 24.0 Å². The molecule has 3 nitrogen and oxygen atoms in total. The molecular weight excluding hydrogens is 265 g/mol. The van der Waals surface area contributed by atoms with Gasteiger partial charge in [-0.2, -0.15) is 26.3 Å². The highest BCUT2D eigenvalue weighted by molar-refractivity contribution is 5.91. The molecule has 10 heteroatoms. The van der Waals surface area contributed by atoms with Gasteiger partial charge in [0.25, 0.3) is 0 Å².